The van der Waals surface area contributed by atoms with E-state index in [9.17, 15) is 13.2 Å². The summed E-state index contributed by atoms with van der Waals surface area (Å²) >= 11 is 0. The number of sulfonamides is 1. The molecule has 0 atom stereocenters. The smallest absolute Gasteiger partial charge is 0.256 e. The summed E-state index contributed by atoms with van der Waals surface area (Å²) in [6.07, 6.45) is 2.99. The average Bonchev–Trinajstić information content (AvgIpc) is 3.33. The Bertz CT molecular complexity index is 1060. The third-order valence-corrected chi connectivity index (χ3v) is 8.45. The fourth-order valence-electron chi connectivity index (χ4n) is 4.63. The van der Waals surface area contributed by atoms with Gasteiger partial charge in [0.15, 0.2) is 0 Å². The van der Waals surface area contributed by atoms with E-state index >= 15 is 0 Å². The minimum atomic E-state index is -3.63. The first-order valence-electron chi connectivity index (χ1n) is 11.2. The van der Waals surface area contributed by atoms with E-state index in [2.05, 4.69) is 17.0 Å². The Kier molecular flexibility index (Phi) is 6.34. The first kappa shape index (κ1) is 21.8. The molecule has 2 aliphatic rings. The second-order valence-corrected chi connectivity index (χ2v) is 10.1. The number of hydrogen-bond donors (Lipinski definition) is 0. The molecule has 4 rings (SSSR count). The minimum Gasteiger partial charge on any atom is -0.371 e. The van der Waals surface area contributed by atoms with Crippen LogP contribution in [0.25, 0.3) is 0 Å². The fourth-order valence-corrected chi connectivity index (χ4v) is 6.12. The number of nitrogens with zero attached hydrogens (tertiary/aromatic N) is 3. The third kappa shape index (κ3) is 4.21. The number of fused-ring (bicyclic) bond motifs is 1. The van der Waals surface area contributed by atoms with Crippen LogP contribution < -0.4 is 4.90 Å². The van der Waals surface area contributed by atoms with Gasteiger partial charge in [0.05, 0.1) is 10.5 Å². The molecule has 0 unspecified atom stereocenters. The number of benzene rings is 2. The molecule has 1 saturated heterocycles. The van der Waals surface area contributed by atoms with Crippen molar-refractivity contribution in [3.63, 3.8) is 0 Å². The molecular formula is C24H31N3O3S. The van der Waals surface area contributed by atoms with E-state index in [0.29, 0.717) is 31.7 Å². The average molecular weight is 442 g/mol. The number of hydrogen-bond acceptors (Lipinski definition) is 4. The Balaban J connectivity index is 1.72. The summed E-state index contributed by atoms with van der Waals surface area (Å²) in [6.45, 7) is 7.45. The molecule has 2 aromatic rings. The molecule has 0 bridgehead atoms. The second-order valence-electron chi connectivity index (χ2n) is 8.21. The molecule has 1 fully saturated rings. The van der Waals surface area contributed by atoms with Gasteiger partial charge in [-0.05, 0) is 48.6 Å². The summed E-state index contributed by atoms with van der Waals surface area (Å²) in [7, 11) is -3.63. The summed E-state index contributed by atoms with van der Waals surface area (Å²) in [6, 6.07) is 13.3. The van der Waals surface area contributed by atoms with Crippen LogP contribution in [0.4, 0.5) is 5.69 Å². The third-order valence-electron chi connectivity index (χ3n) is 6.41. The van der Waals surface area contributed by atoms with Gasteiger partial charge in [-0.15, -0.1) is 0 Å². The van der Waals surface area contributed by atoms with Gasteiger partial charge in [-0.3, -0.25) is 4.79 Å². The zero-order valence-electron chi connectivity index (χ0n) is 18.4. The van der Waals surface area contributed by atoms with Crippen LogP contribution in [0.5, 0.6) is 0 Å². The van der Waals surface area contributed by atoms with E-state index in [4.69, 9.17) is 0 Å². The van der Waals surface area contributed by atoms with Gasteiger partial charge in [0.2, 0.25) is 10.0 Å². The highest BCUT2D eigenvalue weighted by Crippen LogP contribution is 2.31. The maximum atomic E-state index is 13.7. The lowest BCUT2D eigenvalue weighted by atomic mass is 9.99. The van der Waals surface area contributed by atoms with Gasteiger partial charge >= 0.3 is 0 Å². The van der Waals surface area contributed by atoms with Crippen molar-refractivity contribution in [1.82, 2.24) is 9.21 Å². The lowest BCUT2D eigenvalue weighted by molar-refractivity contribution is 0.0735. The Morgan fingerprint density at radius 3 is 2.32 bits per heavy atom. The number of carbonyl (C=O) groups excluding carboxylic acids is 1. The largest absolute Gasteiger partial charge is 0.371 e. The van der Waals surface area contributed by atoms with Crippen molar-refractivity contribution in [3.8, 4) is 0 Å². The molecule has 0 aliphatic carbocycles. The van der Waals surface area contributed by atoms with Crippen LogP contribution in [0.3, 0.4) is 0 Å². The van der Waals surface area contributed by atoms with Crippen molar-refractivity contribution in [2.75, 3.05) is 37.6 Å². The van der Waals surface area contributed by atoms with Crippen molar-refractivity contribution >= 4 is 21.6 Å². The molecular weight excluding hydrogens is 410 g/mol. The lowest BCUT2D eigenvalue weighted by Gasteiger charge is -2.31. The zero-order chi connectivity index (χ0) is 22.0. The summed E-state index contributed by atoms with van der Waals surface area (Å²) in [5, 5.41) is 0. The molecule has 0 N–H and O–H groups in total. The first-order chi connectivity index (χ1) is 15.0. The molecule has 2 aromatic carbocycles. The SMILES string of the molecule is CCN(CC)S(=O)(=O)c1ccc(N2CCCC2)c(C(=O)N2CCc3ccccc3C2)c1. The molecule has 0 aromatic heterocycles. The quantitative estimate of drug-likeness (QED) is 0.688. The van der Waals surface area contributed by atoms with Gasteiger partial charge in [0, 0.05) is 45.0 Å². The van der Waals surface area contributed by atoms with Crippen LogP contribution in [0, 0.1) is 0 Å². The van der Waals surface area contributed by atoms with Crippen molar-refractivity contribution in [2.45, 2.75) is 44.6 Å². The molecule has 0 radical (unpaired) electrons. The number of carbonyl (C=O) groups is 1. The maximum absolute atomic E-state index is 13.7. The van der Waals surface area contributed by atoms with Gasteiger partial charge in [0.25, 0.3) is 5.91 Å². The molecule has 6 nitrogen and oxygen atoms in total. The van der Waals surface area contributed by atoms with Crippen LogP contribution in [0.2, 0.25) is 0 Å². The summed E-state index contributed by atoms with van der Waals surface area (Å²) in [5.74, 6) is -0.0898. The van der Waals surface area contributed by atoms with Gasteiger partial charge in [-0.25, -0.2) is 8.42 Å². The van der Waals surface area contributed by atoms with Crippen molar-refractivity contribution in [1.29, 1.82) is 0 Å². The lowest BCUT2D eigenvalue weighted by Crippen LogP contribution is -2.37. The van der Waals surface area contributed by atoms with E-state index in [1.807, 2.05) is 36.9 Å². The standard InChI is InChI=1S/C24H31N3O3S/c1-3-27(4-2)31(29,30)21-11-12-23(25-14-7-8-15-25)22(17-21)24(28)26-16-13-19-9-5-6-10-20(19)18-26/h5-6,9-12,17H,3-4,7-8,13-16,18H2,1-2H3. The number of anilines is 1. The highest BCUT2D eigenvalue weighted by molar-refractivity contribution is 7.89. The van der Waals surface area contributed by atoms with Gasteiger partial charge in [0.1, 0.15) is 0 Å². The monoisotopic (exact) mass is 441 g/mol. The van der Waals surface area contributed by atoms with Crippen LogP contribution >= 0.6 is 0 Å². The van der Waals surface area contributed by atoms with E-state index in [0.717, 1.165) is 43.6 Å². The Morgan fingerprint density at radius 1 is 0.968 bits per heavy atom. The predicted molar refractivity (Wildman–Crippen MR) is 123 cm³/mol. The van der Waals surface area contributed by atoms with Crippen molar-refractivity contribution in [3.05, 3.63) is 59.2 Å². The Morgan fingerprint density at radius 2 is 1.65 bits per heavy atom. The highest BCUT2D eigenvalue weighted by Gasteiger charge is 2.29. The van der Waals surface area contributed by atoms with E-state index in [1.54, 1.807) is 12.1 Å². The summed E-state index contributed by atoms with van der Waals surface area (Å²) < 4.78 is 27.7. The normalized spacial score (nSPS) is 16.6. The van der Waals surface area contributed by atoms with E-state index in [1.165, 1.54) is 9.87 Å². The molecule has 7 heteroatoms. The van der Waals surface area contributed by atoms with E-state index < -0.39 is 10.0 Å². The van der Waals surface area contributed by atoms with Crippen molar-refractivity contribution in [2.24, 2.45) is 0 Å². The van der Waals surface area contributed by atoms with Gasteiger partial charge in [-0.1, -0.05) is 38.1 Å². The van der Waals surface area contributed by atoms with Gasteiger partial charge < -0.3 is 9.80 Å². The fraction of sp³-hybridized carbons (Fsp3) is 0.458. The van der Waals surface area contributed by atoms with Gasteiger partial charge in [-0.2, -0.15) is 4.31 Å². The zero-order valence-corrected chi connectivity index (χ0v) is 19.2. The molecule has 31 heavy (non-hydrogen) atoms. The Labute approximate surface area is 185 Å². The molecule has 0 spiro atoms. The predicted octanol–water partition coefficient (Wildman–Crippen LogP) is 3.52. The van der Waals surface area contributed by atoms with Crippen LogP contribution in [0.15, 0.2) is 47.4 Å². The first-order valence-corrected chi connectivity index (χ1v) is 12.6. The van der Waals surface area contributed by atoms with Crippen molar-refractivity contribution < 1.29 is 13.2 Å². The molecule has 166 valence electrons. The second kappa shape index (κ2) is 9.01. The molecule has 2 heterocycles. The molecule has 1 amide bonds. The molecule has 0 saturated carbocycles. The summed E-state index contributed by atoms with van der Waals surface area (Å²) in [5.41, 5.74) is 3.79. The topological polar surface area (TPSA) is 60.9 Å². The van der Waals surface area contributed by atoms with Crippen LogP contribution in [-0.4, -0.2) is 56.3 Å². The minimum absolute atomic E-state index is 0.0898. The highest BCUT2D eigenvalue weighted by atomic mass is 32.2. The maximum Gasteiger partial charge on any atom is 0.256 e. The van der Waals surface area contributed by atoms with Crippen LogP contribution in [0.1, 0.15) is 48.2 Å². The number of amides is 1. The van der Waals surface area contributed by atoms with Crippen LogP contribution in [-0.2, 0) is 23.0 Å². The summed E-state index contributed by atoms with van der Waals surface area (Å²) in [4.78, 5) is 17.9. The Hall–Kier alpha value is -2.38. The van der Waals surface area contributed by atoms with E-state index in [-0.39, 0.29) is 10.8 Å². The molecule has 2 aliphatic heterocycles. The number of rotatable bonds is 6.